The van der Waals surface area contributed by atoms with Gasteiger partial charge in [-0.15, -0.1) is 0 Å². The summed E-state index contributed by atoms with van der Waals surface area (Å²) in [5.41, 5.74) is 5.89. The zero-order valence-electron chi connectivity index (χ0n) is 14.9. The minimum atomic E-state index is -3.71. The normalized spacial score (nSPS) is 24.4. The lowest BCUT2D eigenvalue weighted by Crippen LogP contribution is -2.33. The van der Waals surface area contributed by atoms with Crippen LogP contribution in [0.5, 0.6) is 5.75 Å². The Hall–Kier alpha value is -1.67. The first-order valence-corrected chi connectivity index (χ1v) is 10.5. The highest BCUT2D eigenvalue weighted by atomic mass is 35.5. The first kappa shape index (κ1) is 20.1. The predicted molar refractivity (Wildman–Crippen MR) is 109 cm³/mol. The van der Waals surface area contributed by atoms with Crippen LogP contribution in [-0.2, 0) is 14.6 Å². The van der Waals surface area contributed by atoms with Gasteiger partial charge in [0.25, 0.3) is 0 Å². The molecule has 0 aromatic heterocycles. The average Bonchev–Trinajstić information content (AvgIpc) is 3.33. The Morgan fingerprint density at radius 3 is 2.22 bits per heavy atom. The molecule has 2 N–H and O–H groups in total. The third-order valence-corrected chi connectivity index (χ3v) is 7.97. The van der Waals surface area contributed by atoms with E-state index in [0.29, 0.717) is 10.8 Å². The van der Waals surface area contributed by atoms with Crippen molar-refractivity contribution >= 4 is 38.6 Å². The van der Waals surface area contributed by atoms with Crippen LogP contribution in [0.15, 0.2) is 53.4 Å². The van der Waals surface area contributed by atoms with Crippen molar-refractivity contribution in [2.45, 2.75) is 16.1 Å². The number of sulfone groups is 1. The highest BCUT2D eigenvalue weighted by molar-refractivity contribution is 7.92. The molecule has 0 saturated heterocycles. The van der Waals surface area contributed by atoms with Crippen LogP contribution < -0.4 is 10.5 Å². The molecule has 0 spiro atoms. The third-order valence-electron chi connectivity index (χ3n) is 5.05. The van der Waals surface area contributed by atoms with Crippen molar-refractivity contribution in [3.63, 3.8) is 0 Å². The second-order valence-corrected chi connectivity index (χ2v) is 9.45. The number of methoxy groups -OCH3 is 2. The molecule has 0 unspecified atom stereocenters. The van der Waals surface area contributed by atoms with Crippen LogP contribution in [0.3, 0.4) is 0 Å². The van der Waals surface area contributed by atoms with Crippen molar-refractivity contribution in [2.24, 2.45) is 11.1 Å². The van der Waals surface area contributed by atoms with E-state index >= 15 is 0 Å². The molecule has 3 rings (SSSR count). The third kappa shape index (κ3) is 3.33. The summed E-state index contributed by atoms with van der Waals surface area (Å²) in [5, 5.41) is -0.342. The van der Waals surface area contributed by atoms with Gasteiger partial charge < -0.3 is 15.2 Å². The van der Waals surface area contributed by atoms with E-state index in [4.69, 9.17) is 39.0 Å². The van der Waals surface area contributed by atoms with E-state index in [1.807, 2.05) is 12.1 Å². The molecule has 0 radical (unpaired) electrons. The number of rotatable bonds is 7. The minimum Gasteiger partial charge on any atom is -0.497 e. The summed E-state index contributed by atoms with van der Waals surface area (Å²) in [6, 6.07) is 13.4. The number of hydrogen-bond acceptors (Lipinski definition) is 5. The maximum atomic E-state index is 13.4. The monoisotopic (exact) mass is 425 g/mol. The van der Waals surface area contributed by atoms with Gasteiger partial charge in [-0.3, -0.25) is 0 Å². The van der Waals surface area contributed by atoms with Crippen molar-refractivity contribution in [3.8, 4) is 5.75 Å². The number of ether oxygens (including phenoxy) is 2. The van der Waals surface area contributed by atoms with Crippen LogP contribution in [0.25, 0.3) is 0 Å². The molecule has 0 heterocycles. The lowest BCUT2D eigenvalue weighted by molar-refractivity contribution is 0.166. The van der Waals surface area contributed by atoms with Gasteiger partial charge in [0.2, 0.25) is 0 Å². The van der Waals surface area contributed by atoms with Gasteiger partial charge >= 0.3 is 0 Å². The lowest BCUT2D eigenvalue weighted by atomic mass is 10.00. The number of hydrogen-bond donors (Lipinski definition) is 1. The SMILES string of the molecule is COC[C@]1(C(N)=S)[C@H](c2ccc(OC)cc2)[C@H]1S(=O)(=O)c1ccc(Cl)cc1. The topological polar surface area (TPSA) is 78.6 Å². The van der Waals surface area contributed by atoms with Crippen molar-refractivity contribution in [3.05, 3.63) is 59.1 Å². The van der Waals surface area contributed by atoms with Gasteiger partial charge in [-0.25, -0.2) is 8.42 Å². The van der Waals surface area contributed by atoms with Crippen molar-refractivity contribution in [1.29, 1.82) is 0 Å². The summed E-state index contributed by atoms with van der Waals surface area (Å²) in [7, 11) is -0.625. The fraction of sp³-hybridized carbons (Fsp3) is 0.316. The Bertz CT molecular complexity index is 945. The van der Waals surface area contributed by atoms with Crippen LogP contribution in [0.4, 0.5) is 0 Å². The molecule has 2 aromatic carbocycles. The summed E-state index contributed by atoms with van der Waals surface area (Å²) < 4.78 is 37.3. The molecule has 1 aliphatic rings. The van der Waals surface area contributed by atoms with Crippen molar-refractivity contribution < 1.29 is 17.9 Å². The number of nitrogens with two attached hydrogens (primary N) is 1. The highest BCUT2D eigenvalue weighted by Crippen LogP contribution is 2.64. The predicted octanol–water partition coefficient (Wildman–Crippen LogP) is 3.21. The van der Waals surface area contributed by atoms with Gasteiger partial charge in [-0.05, 0) is 42.0 Å². The molecule has 5 nitrogen and oxygen atoms in total. The first-order chi connectivity index (χ1) is 12.8. The van der Waals surface area contributed by atoms with Crippen LogP contribution >= 0.6 is 23.8 Å². The number of thiocarbonyl (C=S) groups is 1. The summed E-state index contributed by atoms with van der Waals surface area (Å²) in [6.45, 7) is 0.122. The average molecular weight is 426 g/mol. The van der Waals surface area contributed by atoms with Gasteiger partial charge in [0, 0.05) is 18.1 Å². The molecule has 8 heteroatoms. The molecular formula is C19H20ClNO4S2. The van der Waals surface area contributed by atoms with Crippen LogP contribution in [0, 0.1) is 5.41 Å². The van der Waals surface area contributed by atoms with Gasteiger partial charge in [0.1, 0.15) is 5.75 Å². The van der Waals surface area contributed by atoms with Gasteiger partial charge in [0.05, 0.1) is 34.3 Å². The number of halogens is 1. The molecule has 27 heavy (non-hydrogen) atoms. The van der Waals surface area contributed by atoms with E-state index < -0.39 is 26.4 Å². The van der Waals surface area contributed by atoms with E-state index in [-0.39, 0.29) is 16.5 Å². The van der Waals surface area contributed by atoms with E-state index in [1.54, 1.807) is 31.4 Å². The summed E-state index contributed by atoms with van der Waals surface area (Å²) in [5.74, 6) is 0.283. The van der Waals surface area contributed by atoms with E-state index in [0.717, 1.165) is 5.56 Å². The Kier molecular flexibility index (Phi) is 5.49. The molecule has 0 aliphatic heterocycles. The Labute approximate surface area is 169 Å². The van der Waals surface area contributed by atoms with Crippen LogP contribution in [-0.4, -0.2) is 39.5 Å². The van der Waals surface area contributed by atoms with Crippen LogP contribution in [0.2, 0.25) is 5.02 Å². The molecule has 2 aromatic rings. The van der Waals surface area contributed by atoms with E-state index in [1.165, 1.54) is 19.2 Å². The second kappa shape index (κ2) is 7.39. The number of benzene rings is 2. The summed E-state index contributed by atoms with van der Waals surface area (Å²) in [6.07, 6.45) is 0. The molecule has 1 fully saturated rings. The van der Waals surface area contributed by atoms with Gasteiger partial charge in [0.15, 0.2) is 9.84 Å². The molecular weight excluding hydrogens is 406 g/mol. The minimum absolute atomic E-state index is 0.122. The molecule has 0 amide bonds. The molecule has 3 atom stereocenters. The second-order valence-electron chi connectivity index (χ2n) is 6.51. The van der Waals surface area contributed by atoms with E-state index in [2.05, 4.69) is 0 Å². The van der Waals surface area contributed by atoms with E-state index in [9.17, 15) is 8.42 Å². The summed E-state index contributed by atoms with van der Waals surface area (Å²) >= 11 is 11.2. The van der Waals surface area contributed by atoms with Gasteiger partial charge in [-0.1, -0.05) is 36.0 Å². The maximum Gasteiger partial charge on any atom is 0.182 e. The quantitative estimate of drug-likeness (QED) is 0.686. The summed E-state index contributed by atoms with van der Waals surface area (Å²) in [4.78, 5) is 0.317. The highest BCUT2D eigenvalue weighted by Gasteiger charge is 2.73. The Balaban J connectivity index is 2.09. The zero-order valence-corrected chi connectivity index (χ0v) is 17.3. The standard InChI is InChI=1S/C19H20ClNO4S2/c1-24-11-19(18(21)26)16(12-3-7-14(25-2)8-4-12)17(19)27(22,23)15-9-5-13(20)6-10-15/h3-10,16-17H,11H2,1-2H3,(H2,21,26)/t16-,17-,19+/m1/s1. The Morgan fingerprint density at radius 2 is 1.74 bits per heavy atom. The smallest absolute Gasteiger partial charge is 0.182 e. The van der Waals surface area contributed by atoms with Crippen LogP contribution in [0.1, 0.15) is 11.5 Å². The largest absolute Gasteiger partial charge is 0.497 e. The molecule has 144 valence electrons. The van der Waals surface area contributed by atoms with Crippen molar-refractivity contribution in [1.82, 2.24) is 0 Å². The fourth-order valence-corrected chi connectivity index (χ4v) is 6.59. The zero-order chi connectivity index (χ0) is 19.8. The molecule has 1 aliphatic carbocycles. The maximum absolute atomic E-state index is 13.4. The first-order valence-electron chi connectivity index (χ1n) is 8.21. The van der Waals surface area contributed by atoms with Gasteiger partial charge in [-0.2, -0.15) is 0 Å². The van der Waals surface area contributed by atoms with Crippen molar-refractivity contribution in [2.75, 3.05) is 20.8 Å². The molecule has 1 saturated carbocycles. The fourth-order valence-electron chi connectivity index (χ4n) is 3.69. The Morgan fingerprint density at radius 1 is 1.15 bits per heavy atom. The molecule has 0 bridgehead atoms. The lowest BCUT2D eigenvalue weighted by Gasteiger charge is -2.16.